The summed E-state index contributed by atoms with van der Waals surface area (Å²) in [6.07, 6.45) is 5.76. The van der Waals surface area contributed by atoms with Gasteiger partial charge >= 0.3 is 0 Å². The van der Waals surface area contributed by atoms with Crippen molar-refractivity contribution in [3.8, 4) is 0 Å². The van der Waals surface area contributed by atoms with E-state index in [9.17, 15) is 0 Å². The summed E-state index contributed by atoms with van der Waals surface area (Å²) in [5.41, 5.74) is 8.52. The van der Waals surface area contributed by atoms with Crippen LogP contribution in [0.3, 0.4) is 0 Å². The first-order valence-corrected chi connectivity index (χ1v) is 5.59. The second-order valence-corrected chi connectivity index (χ2v) is 3.90. The number of nitrogens with two attached hydrogens (primary N) is 1. The molecule has 0 atom stereocenters. The summed E-state index contributed by atoms with van der Waals surface area (Å²) in [5, 5.41) is 0. The molecule has 17 heavy (non-hydrogen) atoms. The Labute approximate surface area is 103 Å². The Morgan fingerprint density at radius 1 is 1.41 bits per heavy atom. The number of allylic oxidation sites excluding steroid dienone is 4. The largest absolute Gasteiger partial charge is 0.489 e. The second kappa shape index (κ2) is 6.59. The van der Waals surface area contributed by atoms with Gasteiger partial charge < -0.3 is 10.5 Å². The molecule has 2 nitrogen and oxygen atoms in total. The van der Waals surface area contributed by atoms with Crippen LogP contribution in [0.2, 0.25) is 0 Å². The summed E-state index contributed by atoms with van der Waals surface area (Å²) in [4.78, 5) is 0. The highest BCUT2D eigenvalue weighted by Crippen LogP contribution is 2.11. The Morgan fingerprint density at radius 2 is 2.18 bits per heavy atom. The van der Waals surface area contributed by atoms with Gasteiger partial charge in [0, 0.05) is 5.69 Å². The fraction of sp³-hybridized carbons (Fsp3) is 0.200. The second-order valence-electron chi connectivity index (χ2n) is 3.90. The van der Waals surface area contributed by atoms with Crippen molar-refractivity contribution in [2.24, 2.45) is 0 Å². The molecule has 2 N–H and O–H groups in total. The number of rotatable bonds is 5. The van der Waals surface area contributed by atoms with E-state index in [0.29, 0.717) is 6.61 Å². The molecule has 1 rings (SSSR count). The Hall–Kier alpha value is -1.96. The molecule has 1 aromatic carbocycles. The average Bonchev–Trinajstić information content (AvgIpc) is 2.29. The van der Waals surface area contributed by atoms with Crippen LogP contribution >= 0.6 is 0 Å². The van der Waals surface area contributed by atoms with E-state index < -0.39 is 0 Å². The van der Waals surface area contributed by atoms with Gasteiger partial charge in [-0.1, -0.05) is 30.4 Å². The topological polar surface area (TPSA) is 35.2 Å². The van der Waals surface area contributed by atoms with Gasteiger partial charge in [0.15, 0.2) is 0 Å². The van der Waals surface area contributed by atoms with E-state index in [0.717, 1.165) is 22.6 Å². The van der Waals surface area contributed by atoms with Gasteiger partial charge in [0.1, 0.15) is 12.4 Å². The van der Waals surface area contributed by atoms with E-state index in [1.165, 1.54) is 0 Å². The lowest BCUT2D eigenvalue weighted by atomic mass is 10.2. The molecular weight excluding hydrogens is 210 g/mol. The van der Waals surface area contributed by atoms with Crippen molar-refractivity contribution in [3.05, 3.63) is 66.0 Å². The lowest BCUT2D eigenvalue weighted by Crippen LogP contribution is -1.93. The normalized spacial score (nSPS) is 11.8. The van der Waals surface area contributed by atoms with Crippen LogP contribution in [-0.4, -0.2) is 0 Å². The van der Waals surface area contributed by atoms with Gasteiger partial charge in [-0.2, -0.15) is 0 Å². The van der Waals surface area contributed by atoms with E-state index in [1.54, 1.807) is 0 Å². The van der Waals surface area contributed by atoms with Gasteiger partial charge in [-0.05, 0) is 43.7 Å². The summed E-state index contributed by atoms with van der Waals surface area (Å²) in [7, 11) is 0. The molecule has 0 radical (unpaired) electrons. The number of benzene rings is 1. The van der Waals surface area contributed by atoms with Crippen LogP contribution in [0.15, 0.2) is 60.4 Å². The molecule has 0 aliphatic carbocycles. The monoisotopic (exact) mass is 229 g/mol. The standard InChI is InChI=1S/C15H19NO/c1-4-15(9-8-12(2)3)17-11-13-6-5-7-14(16)10-13/h4-10H,2,11,16H2,1,3H3/b9-8-,15-4+. The molecule has 0 amide bonds. The van der Waals surface area contributed by atoms with Crippen LogP contribution < -0.4 is 5.73 Å². The van der Waals surface area contributed by atoms with Crippen LogP contribution in [0.1, 0.15) is 19.4 Å². The number of anilines is 1. The Bertz CT molecular complexity index is 444. The first-order valence-electron chi connectivity index (χ1n) is 5.59. The minimum atomic E-state index is 0.519. The molecule has 90 valence electrons. The molecule has 0 heterocycles. The minimum absolute atomic E-state index is 0.519. The third-order valence-electron chi connectivity index (χ3n) is 2.17. The van der Waals surface area contributed by atoms with Gasteiger partial charge in [0.2, 0.25) is 0 Å². The Balaban J connectivity index is 2.57. The fourth-order valence-electron chi connectivity index (χ4n) is 1.30. The number of ether oxygens (including phenoxy) is 1. The molecule has 0 aliphatic heterocycles. The van der Waals surface area contributed by atoms with E-state index in [1.807, 2.05) is 56.3 Å². The van der Waals surface area contributed by atoms with Crippen molar-refractivity contribution in [2.45, 2.75) is 20.5 Å². The lowest BCUT2D eigenvalue weighted by Gasteiger charge is -2.07. The molecule has 0 spiro atoms. The van der Waals surface area contributed by atoms with Crippen molar-refractivity contribution < 1.29 is 4.74 Å². The van der Waals surface area contributed by atoms with Crippen LogP contribution in [0.4, 0.5) is 5.69 Å². The predicted octanol–water partition coefficient (Wildman–Crippen LogP) is 3.82. The maximum absolute atomic E-state index is 5.70. The van der Waals surface area contributed by atoms with Crippen LogP contribution in [0.5, 0.6) is 0 Å². The van der Waals surface area contributed by atoms with Crippen molar-refractivity contribution >= 4 is 5.69 Å². The quantitative estimate of drug-likeness (QED) is 0.473. The molecule has 0 unspecified atom stereocenters. The summed E-state index contributed by atoms with van der Waals surface area (Å²) in [5.74, 6) is 0.829. The van der Waals surface area contributed by atoms with Gasteiger partial charge in [-0.15, -0.1) is 0 Å². The predicted molar refractivity (Wildman–Crippen MR) is 73.4 cm³/mol. The van der Waals surface area contributed by atoms with Crippen molar-refractivity contribution in [1.82, 2.24) is 0 Å². The van der Waals surface area contributed by atoms with Crippen LogP contribution in [-0.2, 0) is 11.3 Å². The zero-order valence-electron chi connectivity index (χ0n) is 10.4. The average molecular weight is 229 g/mol. The molecule has 0 aromatic heterocycles. The zero-order chi connectivity index (χ0) is 12.7. The fourth-order valence-corrected chi connectivity index (χ4v) is 1.30. The highest BCUT2D eigenvalue weighted by atomic mass is 16.5. The number of hydrogen-bond donors (Lipinski definition) is 1. The Kier molecular flexibility index (Phi) is 5.08. The molecule has 0 bridgehead atoms. The van der Waals surface area contributed by atoms with Crippen LogP contribution in [0, 0.1) is 0 Å². The van der Waals surface area contributed by atoms with Crippen molar-refractivity contribution in [2.75, 3.05) is 5.73 Å². The Morgan fingerprint density at radius 3 is 2.76 bits per heavy atom. The number of nitrogen functional groups attached to an aromatic ring is 1. The smallest absolute Gasteiger partial charge is 0.115 e. The van der Waals surface area contributed by atoms with E-state index in [4.69, 9.17) is 10.5 Å². The molecule has 0 aliphatic rings. The SMILES string of the molecule is C=C(C)/C=C\C(=C/C)OCc1cccc(N)c1. The van der Waals surface area contributed by atoms with Crippen molar-refractivity contribution in [3.63, 3.8) is 0 Å². The molecular formula is C15H19NO. The van der Waals surface area contributed by atoms with E-state index >= 15 is 0 Å². The first-order chi connectivity index (χ1) is 8.11. The third kappa shape index (κ3) is 5.07. The maximum atomic E-state index is 5.70. The van der Waals surface area contributed by atoms with Crippen LogP contribution in [0.25, 0.3) is 0 Å². The zero-order valence-corrected chi connectivity index (χ0v) is 10.4. The summed E-state index contributed by atoms with van der Waals surface area (Å²) >= 11 is 0. The van der Waals surface area contributed by atoms with Gasteiger partial charge in [-0.25, -0.2) is 0 Å². The first kappa shape index (κ1) is 13.1. The van der Waals surface area contributed by atoms with E-state index in [2.05, 4.69) is 6.58 Å². The summed E-state index contributed by atoms with van der Waals surface area (Å²) in [6.45, 7) is 8.21. The van der Waals surface area contributed by atoms with E-state index in [-0.39, 0.29) is 0 Å². The molecule has 1 aromatic rings. The highest BCUT2D eigenvalue weighted by molar-refractivity contribution is 5.40. The molecule has 0 fully saturated rings. The number of hydrogen-bond acceptors (Lipinski definition) is 2. The van der Waals surface area contributed by atoms with Gasteiger partial charge in [-0.3, -0.25) is 0 Å². The molecule has 2 heteroatoms. The lowest BCUT2D eigenvalue weighted by molar-refractivity contribution is 0.210. The van der Waals surface area contributed by atoms with Crippen molar-refractivity contribution in [1.29, 1.82) is 0 Å². The maximum Gasteiger partial charge on any atom is 0.115 e. The molecule has 0 saturated carbocycles. The summed E-state index contributed by atoms with van der Waals surface area (Å²) in [6, 6.07) is 7.69. The summed E-state index contributed by atoms with van der Waals surface area (Å²) < 4.78 is 5.66. The minimum Gasteiger partial charge on any atom is -0.489 e. The highest BCUT2D eigenvalue weighted by Gasteiger charge is 1.96. The van der Waals surface area contributed by atoms with Gasteiger partial charge in [0.05, 0.1) is 0 Å². The van der Waals surface area contributed by atoms with Gasteiger partial charge in [0.25, 0.3) is 0 Å². The third-order valence-corrected chi connectivity index (χ3v) is 2.17. The molecule has 0 saturated heterocycles.